The summed E-state index contributed by atoms with van der Waals surface area (Å²) in [4.78, 5) is 10.8. The van der Waals surface area contributed by atoms with Crippen molar-refractivity contribution in [2.45, 2.75) is 0 Å². The molecular weight excluding hydrogens is 915 g/mol. The Balaban J connectivity index is 1.01. The van der Waals surface area contributed by atoms with Crippen LogP contribution in [-0.2, 0) is 0 Å². The fourth-order valence-electron chi connectivity index (χ4n) is 11.5. The molecule has 75 heavy (non-hydrogen) atoms. The Hall–Kier alpha value is -10.2. The zero-order valence-electron chi connectivity index (χ0n) is 40.6. The fraction of sp³-hybridized carbons (Fsp3) is 0. The van der Waals surface area contributed by atoms with E-state index in [1.54, 1.807) is 0 Å². The van der Waals surface area contributed by atoms with Gasteiger partial charge in [0.25, 0.3) is 0 Å². The molecule has 0 aliphatic heterocycles. The Morgan fingerprint density at radius 3 is 0.987 bits per heavy atom. The maximum Gasteiger partial charge on any atom is 0.220 e. The highest BCUT2D eigenvalue weighted by Crippen LogP contribution is 2.49. The summed E-state index contributed by atoms with van der Waals surface area (Å²) >= 11 is 0. The summed E-state index contributed by atoms with van der Waals surface area (Å²) in [6.07, 6.45) is 0. The van der Waals surface area contributed by atoms with E-state index in [9.17, 15) is 0 Å². The lowest BCUT2D eigenvalue weighted by atomic mass is 9.83. The number of nitrogens with zero attached hydrogens (tertiary/aromatic N) is 6. The highest BCUT2D eigenvalue weighted by atomic mass is 15.2. The van der Waals surface area contributed by atoms with Crippen LogP contribution in [0.3, 0.4) is 0 Å². The van der Waals surface area contributed by atoms with Gasteiger partial charge in [0.05, 0.1) is 44.1 Å². The lowest BCUT2D eigenvalue weighted by molar-refractivity contribution is 1.11. The molecule has 0 aliphatic rings. The third kappa shape index (κ3) is 6.75. The molecule has 15 rings (SSSR count). The first-order valence-electron chi connectivity index (χ1n) is 25.4. The van der Waals surface area contributed by atoms with Crippen LogP contribution >= 0.6 is 0 Å². The van der Waals surface area contributed by atoms with Crippen LogP contribution in [0.25, 0.3) is 134 Å². The van der Waals surface area contributed by atoms with Gasteiger partial charge in [-0.2, -0.15) is 0 Å². The number of benzene rings is 11. The van der Waals surface area contributed by atoms with E-state index in [2.05, 4.69) is 279 Å². The summed E-state index contributed by atoms with van der Waals surface area (Å²) in [5.74, 6) is 1.68. The molecular formula is C68H45N7. The maximum absolute atomic E-state index is 7.94. The smallest absolute Gasteiger partial charge is 0.220 e. The van der Waals surface area contributed by atoms with Crippen LogP contribution in [0.15, 0.2) is 261 Å². The molecule has 2 N–H and O–H groups in total. The minimum Gasteiger partial charge on any atom is -0.398 e. The molecule has 0 atom stereocenters. The molecule has 0 amide bonds. The SMILES string of the molecule is Nc1c(-c2ccc3nc4n(-c5ccccc5)c5ccc(-c6ccccc6)cc5n4c3c2)c(-c2ccccc2)cc(-c2ccccc2)c1-c1ccc2nc3n(-c4ccccc4)c4ccc(-c5ccccc5)cc4n3c2c1. The van der Waals surface area contributed by atoms with Gasteiger partial charge in [0.15, 0.2) is 0 Å². The monoisotopic (exact) mass is 959 g/mol. The predicted molar refractivity (Wildman–Crippen MR) is 310 cm³/mol. The molecule has 0 saturated carbocycles. The van der Waals surface area contributed by atoms with Gasteiger partial charge in [0, 0.05) is 28.2 Å². The number of para-hydroxylation sites is 2. The second kappa shape index (κ2) is 16.9. The van der Waals surface area contributed by atoms with Gasteiger partial charge in [0.2, 0.25) is 11.6 Å². The molecule has 0 spiro atoms. The Bertz CT molecular complexity index is 4370. The minimum atomic E-state index is 0.687. The van der Waals surface area contributed by atoms with Crippen molar-refractivity contribution in [1.82, 2.24) is 27.9 Å². The normalized spacial score (nSPS) is 11.8. The van der Waals surface area contributed by atoms with E-state index in [0.29, 0.717) is 5.69 Å². The van der Waals surface area contributed by atoms with Gasteiger partial charge in [0.1, 0.15) is 0 Å². The summed E-state index contributed by atoms with van der Waals surface area (Å²) in [7, 11) is 0. The number of rotatable bonds is 8. The number of imidazole rings is 4. The van der Waals surface area contributed by atoms with E-state index in [4.69, 9.17) is 15.7 Å². The molecule has 15 aromatic rings. The highest BCUT2D eigenvalue weighted by molar-refractivity contribution is 6.07. The molecule has 7 heteroatoms. The number of hydrogen-bond acceptors (Lipinski definition) is 3. The van der Waals surface area contributed by atoms with Crippen LogP contribution in [0.1, 0.15) is 0 Å². The highest BCUT2D eigenvalue weighted by Gasteiger charge is 2.25. The molecule has 4 heterocycles. The second-order valence-electron chi connectivity index (χ2n) is 19.2. The molecule has 7 nitrogen and oxygen atoms in total. The van der Waals surface area contributed by atoms with Crippen LogP contribution in [0.2, 0.25) is 0 Å². The third-order valence-electron chi connectivity index (χ3n) is 14.9. The van der Waals surface area contributed by atoms with E-state index >= 15 is 0 Å². The summed E-state index contributed by atoms with van der Waals surface area (Å²) < 4.78 is 9.17. The fourth-order valence-corrected chi connectivity index (χ4v) is 11.5. The third-order valence-corrected chi connectivity index (χ3v) is 14.9. The molecule has 4 aromatic heterocycles. The van der Waals surface area contributed by atoms with Crippen LogP contribution in [-0.4, -0.2) is 27.9 Å². The quantitative estimate of drug-likeness (QED) is 0.154. The Morgan fingerprint density at radius 2 is 0.600 bits per heavy atom. The van der Waals surface area contributed by atoms with Gasteiger partial charge in [-0.3, -0.25) is 17.9 Å². The van der Waals surface area contributed by atoms with E-state index in [1.165, 1.54) is 0 Å². The van der Waals surface area contributed by atoms with Crippen LogP contribution in [0, 0.1) is 0 Å². The largest absolute Gasteiger partial charge is 0.398 e. The van der Waals surface area contributed by atoms with Gasteiger partial charge < -0.3 is 5.73 Å². The average molecular weight is 960 g/mol. The van der Waals surface area contributed by atoms with E-state index in [-0.39, 0.29) is 0 Å². The van der Waals surface area contributed by atoms with Crippen molar-refractivity contribution >= 4 is 61.4 Å². The van der Waals surface area contributed by atoms with Gasteiger partial charge >= 0.3 is 0 Å². The van der Waals surface area contributed by atoms with Crippen LogP contribution in [0.5, 0.6) is 0 Å². The number of nitrogens with two attached hydrogens (primary N) is 1. The van der Waals surface area contributed by atoms with Crippen molar-refractivity contribution in [1.29, 1.82) is 0 Å². The standard InChI is InChI=1S/C68H45N7/c69-66-64(50-31-35-56-60(41-50)74-62-39-48(44-19-7-1-8-20-44)33-37-58(62)72(67(74)70-56)52-27-15-5-16-28-52)54(46-23-11-3-12-24-46)43-55(47-25-13-4-14-26-47)65(66)51-32-36-57-61(42-51)75-63-40-49(45-21-9-2-10-22-45)34-38-59(63)73(68(75)71-57)53-29-17-6-18-30-53/h1-43H,69H2. The van der Waals surface area contributed by atoms with Gasteiger partial charge in [-0.1, -0.05) is 182 Å². The first kappa shape index (κ1) is 42.4. The van der Waals surface area contributed by atoms with Crippen molar-refractivity contribution in [2.75, 3.05) is 5.73 Å². The molecule has 0 aliphatic carbocycles. The van der Waals surface area contributed by atoms with Crippen LogP contribution in [0.4, 0.5) is 5.69 Å². The lowest BCUT2D eigenvalue weighted by Crippen LogP contribution is -2.00. The van der Waals surface area contributed by atoms with Crippen molar-refractivity contribution in [2.24, 2.45) is 0 Å². The van der Waals surface area contributed by atoms with Crippen LogP contribution < -0.4 is 5.73 Å². The zero-order valence-corrected chi connectivity index (χ0v) is 40.6. The van der Waals surface area contributed by atoms with Gasteiger partial charge in [-0.05, 0) is 134 Å². The zero-order chi connectivity index (χ0) is 49.6. The first-order valence-corrected chi connectivity index (χ1v) is 25.4. The Morgan fingerprint density at radius 1 is 0.267 bits per heavy atom. The van der Waals surface area contributed by atoms with Crippen molar-refractivity contribution < 1.29 is 0 Å². The molecule has 352 valence electrons. The van der Waals surface area contributed by atoms with E-state index in [0.717, 1.165) is 134 Å². The molecule has 0 fully saturated rings. The Kier molecular flexibility index (Phi) is 9.59. The number of aromatic nitrogens is 6. The number of nitrogen functional groups attached to an aromatic ring is 1. The molecule has 0 bridgehead atoms. The predicted octanol–water partition coefficient (Wildman–Crippen LogP) is 16.8. The van der Waals surface area contributed by atoms with Crippen molar-refractivity contribution in [3.63, 3.8) is 0 Å². The number of hydrogen-bond donors (Lipinski definition) is 1. The summed E-state index contributed by atoms with van der Waals surface area (Å²) in [6, 6.07) is 92.5. The Labute approximate surface area is 431 Å². The summed E-state index contributed by atoms with van der Waals surface area (Å²) in [5.41, 5.74) is 31.5. The average Bonchev–Trinajstić information content (AvgIpc) is 4.22. The molecule has 11 aromatic carbocycles. The maximum atomic E-state index is 7.94. The summed E-state index contributed by atoms with van der Waals surface area (Å²) in [6.45, 7) is 0. The first-order chi connectivity index (χ1) is 37.1. The topological polar surface area (TPSA) is 70.5 Å². The molecule has 0 radical (unpaired) electrons. The number of fused-ring (bicyclic) bond motifs is 10. The van der Waals surface area contributed by atoms with Crippen molar-refractivity contribution in [3.05, 3.63) is 261 Å². The van der Waals surface area contributed by atoms with Crippen molar-refractivity contribution in [3.8, 4) is 78.1 Å². The van der Waals surface area contributed by atoms with Gasteiger partial charge in [-0.25, -0.2) is 9.97 Å². The van der Waals surface area contributed by atoms with E-state index in [1.807, 2.05) is 0 Å². The number of anilines is 1. The summed E-state index contributed by atoms with van der Waals surface area (Å²) in [5, 5.41) is 0. The molecule has 0 unspecified atom stereocenters. The molecule has 0 saturated heterocycles. The minimum absolute atomic E-state index is 0.687. The lowest BCUT2D eigenvalue weighted by Gasteiger charge is -2.22. The van der Waals surface area contributed by atoms with E-state index < -0.39 is 0 Å². The van der Waals surface area contributed by atoms with Gasteiger partial charge in [-0.15, -0.1) is 0 Å². The second-order valence-corrected chi connectivity index (χ2v) is 19.2.